The molecule has 0 aromatic heterocycles. The highest BCUT2D eigenvalue weighted by Crippen LogP contribution is 2.06. The highest BCUT2D eigenvalue weighted by Gasteiger charge is 2.17. The fourth-order valence-corrected chi connectivity index (χ4v) is 3.77. The maximum atomic E-state index is 12.2. The van der Waals surface area contributed by atoms with Crippen molar-refractivity contribution < 1.29 is 15.0 Å². The smallest absolute Gasteiger partial charge is 0.220 e. The lowest BCUT2D eigenvalue weighted by molar-refractivity contribution is -0.123. The molecule has 0 aromatic carbocycles. The highest BCUT2D eigenvalue weighted by atomic mass is 16.3. The van der Waals surface area contributed by atoms with E-state index in [1.165, 1.54) is 0 Å². The zero-order valence-electron chi connectivity index (χ0n) is 25.3. The van der Waals surface area contributed by atoms with Crippen molar-refractivity contribution >= 4 is 5.91 Å². The molecule has 0 aliphatic rings. The molecule has 0 aliphatic heterocycles. The second kappa shape index (κ2) is 30.8. The Bertz CT molecular complexity index is 814. The lowest BCUT2D eigenvalue weighted by Crippen LogP contribution is -2.45. The number of allylic oxidation sites excluding steroid dienone is 15. The standard InChI is InChI=1S/C36H57NO3/c1-3-5-7-9-11-13-14-15-16-17-18-19-20-21-22-24-26-28-30-32-36(40)37-34(33-38)35(39)31-29-27-25-23-12-10-8-6-4-2/h4-7,11-13,15-16,18-19,21-23,29,31,34-35,38-39H,3,8-10,14,17,20,24-28,30,32-33H2,1-2H3,(H,37,40)/b6-4+,7-5-,13-11-,16-15-,19-18-,22-21-,23-12+,31-29+. The van der Waals surface area contributed by atoms with Crippen molar-refractivity contribution in [3.63, 3.8) is 0 Å². The number of amides is 1. The largest absolute Gasteiger partial charge is 0.394 e. The summed E-state index contributed by atoms with van der Waals surface area (Å²) < 4.78 is 0. The molecule has 0 saturated carbocycles. The number of aliphatic hydroxyl groups is 2. The fraction of sp³-hybridized carbons (Fsp3) is 0.528. The predicted octanol–water partition coefficient (Wildman–Crippen LogP) is 8.78. The second-order valence-electron chi connectivity index (χ2n) is 9.78. The third-order valence-corrected chi connectivity index (χ3v) is 6.12. The van der Waals surface area contributed by atoms with Crippen molar-refractivity contribution in [1.29, 1.82) is 0 Å². The van der Waals surface area contributed by atoms with E-state index in [0.29, 0.717) is 6.42 Å². The summed E-state index contributed by atoms with van der Waals surface area (Å²) in [5.41, 5.74) is 0. The first-order chi connectivity index (χ1) is 19.7. The van der Waals surface area contributed by atoms with E-state index < -0.39 is 12.1 Å². The Hall–Kier alpha value is -2.69. The predicted molar refractivity (Wildman–Crippen MR) is 174 cm³/mol. The summed E-state index contributed by atoms with van der Waals surface area (Å²) in [5.74, 6) is -0.120. The molecule has 0 aromatic rings. The first kappa shape index (κ1) is 37.3. The number of nitrogens with one attached hydrogen (secondary N) is 1. The van der Waals surface area contributed by atoms with E-state index in [4.69, 9.17) is 0 Å². The molecule has 2 unspecified atom stereocenters. The van der Waals surface area contributed by atoms with Gasteiger partial charge in [0.25, 0.3) is 0 Å². The normalized spacial score (nSPS) is 14.6. The van der Waals surface area contributed by atoms with Gasteiger partial charge in [-0.3, -0.25) is 4.79 Å². The Morgan fingerprint density at radius 3 is 1.70 bits per heavy atom. The molecule has 0 saturated heterocycles. The van der Waals surface area contributed by atoms with Crippen molar-refractivity contribution in [2.24, 2.45) is 0 Å². The van der Waals surface area contributed by atoms with E-state index in [1.807, 2.05) is 13.0 Å². The molecule has 1 amide bonds. The zero-order chi connectivity index (χ0) is 29.4. The van der Waals surface area contributed by atoms with Gasteiger partial charge in [-0.1, -0.05) is 111 Å². The Kier molecular flexibility index (Phi) is 28.8. The van der Waals surface area contributed by atoms with Crippen LogP contribution in [-0.2, 0) is 4.79 Å². The van der Waals surface area contributed by atoms with Crippen LogP contribution < -0.4 is 5.32 Å². The molecule has 2 atom stereocenters. The molecule has 4 nitrogen and oxygen atoms in total. The third kappa shape index (κ3) is 26.9. The SMILES string of the molecule is C/C=C/CC/C=C/CC/C=C/C(O)C(CO)NC(=O)CCCCC/C=C\C/C=C\C/C=C\C/C=C\C/C=C\CC. The van der Waals surface area contributed by atoms with Gasteiger partial charge in [0, 0.05) is 6.42 Å². The summed E-state index contributed by atoms with van der Waals surface area (Å²) in [4.78, 5) is 12.2. The van der Waals surface area contributed by atoms with Gasteiger partial charge in [0.15, 0.2) is 0 Å². The molecule has 0 heterocycles. The average Bonchev–Trinajstić information content (AvgIpc) is 2.96. The number of unbranched alkanes of at least 4 members (excludes halogenated alkanes) is 5. The second-order valence-corrected chi connectivity index (χ2v) is 9.78. The van der Waals surface area contributed by atoms with Crippen LogP contribution in [0.3, 0.4) is 0 Å². The van der Waals surface area contributed by atoms with Gasteiger partial charge in [0.1, 0.15) is 0 Å². The molecule has 0 radical (unpaired) electrons. The minimum Gasteiger partial charge on any atom is -0.394 e. The number of aliphatic hydroxyl groups excluding tert-OH is 2. The van der Waals surface area contributed by atoms with Crippen LogP contribution in [0.25, 0.3) is 0 Å². The zero-order valence-corrected chi connectivity index (χ0v) is 25.3. The van der Waals surface area contributed by atoms with Crippen molar-refractivity contribution in [1.82, 2.24) is 5.32 Å². The summed E-state index contributed by atoms with van der Waals surface area (Å²) in [6.45, 7) is 3.89. The van der Waals surface area contributed by atoms with Crippen LogP contribution in [0.15, 0.2) is 97.2 Å². The van der Waals surface area contributed by atoms with Gasteiger partial charge in [-0.25, -0.2) is 0 Å². The summed E-state index contributed by atoms with van der Waals surface area (Å²) in [7, 11) is 0. The molecule has 0 spiro atoms. The van der Waals surface area contributed by atoms with Crippen molar-refractivity contribution in [2.75, 3.05) is 6.61 Å². The molecule has 224 valence electrons. The first-order valence-corrected chi connectivity index (χ1v) is 15.4. The van der Waals surface area contributed by atoms with Crippen LogP contribution in [0, 0.1) is 0 Å². The van der Waals surface area contributed by atoms with Crippen LogP contribution in [0.2, 0.25) is 0 Å². The first-order valence-electron chi connectivity index (χ1n) is 15.4. The number of hydrogen-bond donors (Lipinski definition) is 3. The van der Waals surface area contributed by atoms with Gasteiger partial charge in [-0.2, -0.15) is 0 Å². The van der Waals surface area contributed by atoms with Crippen LogP contribution in [0.1, 0.15) is 104 Å². The summed E-state index contributed by atoms with van der Waals surface area (Å²) in [5, 5.41) is 22.6. The lowest BCUT2D eigenvalue weighted by Gasteiger charge is -2.19. The number of hydrogen-bond acceptors (Lipinski definition) is 3. The van der Waals surface area contributed by atoms with Gasteiger partial charge in [-0.15, -0.1) is 0 Å². The number of rotatable bonds is 25. The molecule has 0 bridgehead atoms. The van der Waals surface area contributed by atoms with Gasteiger partial charge in [0.05, 0.1) is 18.8 Å². The van der Waals surface area contributed by atoms with Gasteiger partial charge in [0.2, 0.25) is 5.91 Å². The quantitative estimate of drug-likeness (QED) is 0.0784. The van der Waals surface area contributed by atoms with E-state index in [-0.39, 0.29) is 12.5 Å². The molecule has 0 fully saturated rings. The summed E-state index contributed by atoms with van der Waals surface area (Å²) in [6, 6.07) is -0.665. The van der Waals surface area contributed by atoms with Crippen molar-refractivity contribution in [2.45, 2.75) is 116 Å². The summed E-state index contributed by atoms with van der Waals surface area (Å²) in [6.07, 6.45) is 46.4. The van der Waals surface area contributed by atoms with Crippen LogP contribution in [-0.4, -0.2) is 34.9 Å². The Morgan fingerprint density at radius 1 is 0.650 bits per heavy atom. The van der Waals surface area contributed by atoms with Gasteiger partial charge >= 0.3 is 0 Å². The Balaban J connectivity index is 3.84. The minimum absolute atomic E-state index is 0.120. The van der Waals surface area contributed by atoms with E-state index >= 15 is 0 Å². The lowest BCUT2D eigenvalue weighted by atomic mass is 10.1. The number of carbonyl (C=O) groups excluding carboxylic acids is 1. The van der Waals surface area contributed by atoms with Crippen molar-refractivity contribution in [3.05, 3.63) is 97.2 Å². The van der Waals surface area contributed by atoms with Crippen LogP contribution in [0.4, 0.5) is 0 Å². The fourth-order valence-electron chi connectivity index (χ4n) is 3.77. The monoisotopic (exact) mass is 551 g/mol. The van der Waals surface area contributed by atoms with E-state index in [1.54, 1.807) is 6.08 Å². The summed E-state index contributed by atoms with van der Waals surface area (Å²) >= 11 is 0. The molecule has 4 heteroatoms. The van der Waals surface area contributed by atoms with Crippen LogP contribution >= 0.6 is 0 Å². The molecule has 0 aliphatic carbocycles. The molecule has 3 N–H and O–H groups in total. The Labute approximate surface area is 245 Å². The molecular formula is C36H57NO3. The van der Waals surface area contributed by atoms with E-state index in [2.05, 4.69) is 97.3 Å². The molecule has 0 rings (SSSR count). The minimum atomic E-state index is -0.886. The highest BCUT2D eigenvalue weighted by molar-refractivity contribution is 5.76. The molecular weight excluding hydrogens is 494 g/mol. The molecule has 40 heavy (non-hydrogen) atoms. The van der Waals surface area contributed by atoms with Gasteiger partial charge < -0.3 is 15.5 Å². The van der Waals surface area contributed by atoms with Gasteiger partial charge in [-0.05, 0) is 84.0 Å². The van der Waals surface area contributed by atoms with E-state index in [9.17, 15) is 15.0 Å². The topological polar surface area (TPSA) is 69.6 Å². The third-order valence-electron chi connectivity index (χ3n) is 6.12. The van der Waals surface area contributed by atoms with E-state index in [0.717, 1.165) is 83.5 Å². The Morgan fingerprint density at radius 2 is 1.15 bits per heavy atom. The number of carbonyl (C=O) groups is 1. The average molecular weight is 552 g/mol. The van der Waals surface area contributed by atoms with Crippen LogP contribution in [0.5, 0.6) is 0 Å². The maximum absolute atomic E-state index is 12.2. The van der Waals surface area contributed by atoms with Crippen molar-refractivity contribution in [3.8, 4) is 0 Å². The maximum Gasteiger partial charge on any atom is 0.220 e.